The van der Waals surface area contributed by atoms with E-state index in [0.717, 1.165) is 17.4 Å². The third-order valence-electron chi connectivity index (χ3n) is 3.52. The molecule has 3 rings (SSSR count). The summed E-state index contributed by atoms with van der Waals surface area (Å²) < 4.78 is 32.1. The summed E-state index contributed by atoms with van der Waals surface area (Å²) in [4.78, 5) is 0.696. The fourth-order valence-electron chi connectivity index (χ4n) is 2.51. The Balaban J connectivity index is 1.84. The number of hydrogen-bond acceptors (Lipinski definition) is 3. The molecule has 1 aliphatic heterocycles. The number of ether oxygens (including phenoxy) is 1. The van der Waals surface area contributed by atoms with Gasteiger partial charge >= 0.3 is 0 Å². The van der Waals surface area contributed by atoms with Gasteiger partial charge in [-0.1, -0.05) is 18.2 Å². The highest BCUT2D eigenvalue weighted by Crippen LogP contribution is 2.39. The third kappa shape index (κ3) is 2.89. The number of benzene rings is 2. The Labute approximate surface area is 126 Å². The van der Waals surface area contributed by atoms with Crippen molar-refractivity contribution in [3.8, 4) is 5.75 Å². The van der Waals surface area contributed by atoms with Crippen molar-refractivity contribution in [3.05, 3.63) is 59.7 Å². The van der Waals surface area contributed by atoms with Crippen LogP contribution >= 0.6 is 11.8 Å². The lowest BCUT2D eigenvalue weighted by Gasteiger charge is -2.33. The van der Waals surface area contributed by atoms with Crippen LogP contribution in [0.25, 0.3) is 0 Å². The van der Waals surface area contributed by atoms with E-state index in [1.54, 1.807) is 6.07 Å². The van der Waals surface area contributed by atoms with Crippen molar-refractivity contribution >= 4 is 11.8 Å². The summed E-state index contributed by atoms with van der Waals surface area (Å²) in [7, 11) is 1.89. The minimum absolute atomic E-state index is 0.0924. The number of para-hydroxylation sites is 1. The van der Waals surface area contributed by atoms with E-state index in [1.807, 2.05) is 31.3 Å². The zero-order valence-corrected chi connectivity index (χ0v) is 12.3. The van der Waals surface area contributed by atoms with Gasteiger partial charge in [-0.05, 0) is 31.3 Å². The van der Waals surface area contributed by atoms with E-state index in [2.05, 4.69) is 5.32 Å². The van der Waals surface area contributed by atoms with Gasteiger partial charge in [-0.25, -0.2) is 8.78 Å². The molecule has 2 aromatic rings. The molecule has 21 heavy (non-hydrogen) atoms. The third-order valence-corrected chi connectivity index (χ3v) is 4.76. The molecule has 0 radical (unpaired) electrons. The van der Waals surface area contributed by atoms with Gasteiger partial charge in [-0.2, -0.15) is 0 Å². The first kappa shape index (κ1) is 14.4. The second kappa shape index (κ2) is 6.03. The molecule has 0 saturated carbocycles. The van der Waals surface area contributed by atoms with Crippen LogP contribution in [0.5, 0.6) is 5.75 Å². The van der Waals surface area contributed by atoms with Crippen LogP contribution < -0.4 is 10.1 Å². The summed E-state index contributed by atoms with van der Waals surface area (Å²) in [5, 5.41) is 3.38. The monoisotopic (exact) mass is 307 g/mol. The maximum atomic E-state index is 13.3. The highest BCUT2D eigenvalue weighted by molar-refractivity contribution is 8.00. The van der Waals surface area contributed by atoms with Crippen LogP contribution in [0.2, 0.25) is 0 Å². The summed E-state index contributed by atoms with van der Waals surface area (Å²) in [6, 6.07) is 12.0. The number of hydrogen-bond donors (Lipinski definition) is 1. The lowest BCUT2D eigenvalue weighted by molar-refractivity contribution is 0.265. The Morgan fingerprint density at radius 3 is 2.71 bits per heavy atom. The van der Waals surface area contributed by atoms with E-state index in [4.69, 9.17) is 4.74 Å². The number of rotatable bonds is 3. The van der Waals surface area contributed by atoms with Crippen LogP contribution in [0, 0.1) is 11.6 Å². The molecule has 1 N–H and O–H groups in total. The lowest BCUT2D eigenvalue weighted by atomic mass is 10.0. The van der Waals surface area contributed by atoms with Gasteiger partial charge in [0.15, 0.2) is 11.6 Å². The van der Waals surface area contributed by atoms with E-state index in [1.165, 1.54) is 17.8 Å². The zero-order chi connectivity index (χ0) is 14.8. The van der Waals surface area contributed by atoms with Crippen LogP contribution in [-0.2, 0) is 0 Å². The van der Waals surface area contributed by atoms with Crippen LogP contribution in [-0.4, -0.2) is 18.9 Å². The molecule has 2 unspecified atom stereocenters. The van der Waals surface area contributed by atoms with Crippen molar-refractivity contribution in [2.75, 3.05) is 13.7 Å². The summed E-state index contributed by atoms with van der Waals surface area (Å²) in [6.45, 7) is 0.520. The molecular weight excluding hydrogens is 292 g/mol. The first-order chi connectivity index (χ1) is 10.2. The lowest BCUT2D eigenvalue weighted by Crippen LogP contribution is -2.35. The van der Waals surface area contributed by atoms with Crippen LogP contribution in [0.3, 0.4) is 0 Å². The molecule has 110 valence electrons. The maximum absolute atomic E-state index is 13.3. The number of nitrogens with one attached hydrogen (secondary N) is 1. The first-order valence-electron chi connectivity index (χ1n) is 6.69. The van der Waals surface area contributed by atoms with Gasteiger partial charge in [0.2, 0.25) is 0 Å². The van der Waals surface area contributed by atoms with Gasteiger partial charge in [-0.3, -0.25) is 0 Å². The van der Waals surface area contributed by atoms with Gasteiger partial charge < -0.3 is 10.1 Å². The molecule has 2 aromatic carbocycles. The van der Waals surface area contributed by atoms with Crippen molar-refractivity contribution in [2.45, 2.75) is 16.2 Å². The smallest absolute Gasteiger partial charge is 0.159 e. The second-order valence-corrected chi connectivity index (χ2v) is 6.16. The molecule has 0 amide bonds. The first-order valence-corrected chi connectivity index (χ1v) is 7.57. The Bertz CT molecular complexity index is 650. The minimum atomic E-state index is -0.824. The molecular formula is C16H15F2NOS. The standard InChI is InChI=1S/C16H15F2NOS/c1-19-16-11-4-2-3-5-14(11)20-9-15(16)21-10-6-7-12(17)13(18)8-10/h2-8,15-16,19H,9H2,1H3. The van der Waals surface area contributed by atoms with E-state index < -0.39 is 11.6 Å². The Hall–Kier alpha value is -1.59. The topological polar surface area (TPSA) is 21.3 Å². The van der Waals surface area contributed by atoms with E-state index >= 15 is 0 Å². The molecule has 0 spiro atoms. The van der Waals surface area contributed by atoms with Gasteiger partial charge in [0.05, 0.1) is 11.3 Å². The van der Waals surface area contributed by atoms with Gasteiger partial charge in [0.25, 0.3) is 0 Å². The number of halogens is 2. The Morgan fingerprint density at radius 2 is 1.95 bits per heavy atom. The number of thioether (sulfide) groups is 1. The Kier molecular flexibility index (Phi) is 4.12. The molecule has 0 aliphatic carbocycles. The van der Waals surface area contributed by atoms with Gasteiger partial charge in [0, 0.05) is 10.5 Å². The van der Waals surface area contributed by atoms with Crippen molar-refractivity contribution in [1.82, 2.24) is 5.32 Å². The molecule has 0 bridgehead atoms. The van der Waals surface area contributed by atoms with Crippen LogP contribution in [0.1, 0.15) is 11.6 Å². The van der Waals surface area contributed by atoms with Gasteiger partial charge in [-0.15, -0.1) is 11.8 Å². The van der Waals surface area contributed by atoms with Gasteiger partial charge in [0.1, 0.15) is 12.4 Å². The molecule has 0 saturated heterocycles. The minimum Gasteiger partial charge on any atom is -0.492 e. The van der Waals surface area contributed by atoms with Crippen molar-refractivity contribution in [2.24, 2.45) is 0 Å². The summed E-state index contributed by atoms with van der Waals surface area (Å²) in [5.41, 5.74) is 1.09. The highest BCUT2D eigenvalue weighted by Gasteiger charge is 2.30. The molecule has 1 aliphatic rings. The second-order valence-electron chi connectivity index (χ2n) is 4.85. The molecule has 0 aromatic heterocycles. The van der Waals surface area contributed by atoms with E-state index in [-0.39, 0.29) is 11.3 Å². The normalized spacial score (nSPS) is 20.7. The fraction of sp³-hybridized carbons (Fsp3) is 0.250. The molecule has 5 heteroatoms. The molecule has 2 atom stereocenters. The van der Waals surface area contributed by atoms with Crippen molar-refractivity contribution in [3.63, 3.8) is 0 Å². The zero-order valence-electron chi connectivity index (χ0n) is 11.5. The average molecular weight is 307 g/mol. The summed E-state index contributed by atoms with van der Waals surface area (Å²) in [5.74, 6) is -0.771. The fourth-order valence-corrected chi connectivity index (χ4v) is 3.73. The SMILES string of the molecule is CNC1c2ccccc2OCC1Sc1ccc(F)c(F)c1. The Morgan fingerprint density at radius 1 is 1.14 bits per heavy atom. The highest BCUT2D eigenvalue weighted by atomic mass is 32.2. The quantitative estimate of drug-likeness (QED) is 0.932. The van der Waals surface area contributed by atoms with E-state index in [0.29, 0.717) is 11.5 Å². The van der Waals surface area contributed by atoms with Crippen LogP contribution in [0.4, 0.5) is 8.78 Å². The van der Waals surface area contributed by atoms with Crippen molar-refractivity contribution in [1.29, 1.82) is 0 Å². The van der Waals surface area contributed by atoms with Crippen molar-refractivity contribution < 1.29 is 13.5 Å². The number of fused-ring (bicyclic) bond motifs is 1. The molecule has 0 fully saturated rings. The maximum Gasteiger partial charge on any atom is 0.159 e. The molecule has 2 nitrogen and oxygen atoms in total. The van der Waals surface area contributed by atoms with E-state index in [9.17, 15) is 8.78 Å². The summed E-state index contributed by atoms with van der Waals surface area (Å²) >= 11 is 1.49. The summed E-state index contributed by atoms with van der Waals surface area (Å²) in [6.07, 6.45) is 0. The predicted octanol–water partition coefficient (Wildman–Crippen LogP) is 3.78. The van der Waals surface area contributed by atoms with Crippen LogP contribution in [0.15, 0.2) is 47.4 Å². The average Bonchev–Trinajstić information content (AvgIpc) is 2.51. The molecule has 1 heterocycles. The largest absolute Gasteiger partial charge is 0.492 e. The predicted molar refractivity (Wildman–Crippen MR) is 79.7 cm³/mol.